The monoisotopic (exact) mass is 518 g/mol. The SMILES string of the molecule is Cn1cc(-c2ccc3c(c2)c(C2CCN(CCc4occ5ccccc45)CC2)cn3-c2ccc(F)cc2)cn1. The van der Waals surface area contributed by atoms with Crippen molar-refractivity contribution in [3.63, 3.8) is 0 Å². The lowest BCUT2D eigenvalue weighted by Gasteiger charge is -2.31. The number of halogens is 1. The molecule has 1 fully saturated rings. The summed E-state index contributed by atoms with van der Waals surface area (Å²) in [5, 5.41) is 8.04. The van der Waals surface area contributed by atoms with Crippen LogP contribution in [-0.4, -0.2) is 38.9 Å². The smallest absolute Gasteiger partial charge is 0.123 e. The van der Waals surface area contributed by atoms with E-state index in [1.807, 2.05) is 36.3 Å². The van der Waals surface area contributed by atoms with Gasteiger partial charge in [-0.15, -0.1) is 0 Å². The zero-order valence-electron chi connectivity index (χ0n) is 22.1. The molecule has 196 valence electrons. The topological polar surface area (TPSA) is 39.1 Å². The fourth-order valence-corrected chi connectivity index (χ4v) is 6.12. The van der Waals surface area contributed by atoms with Gasteiger partial charge in [-0.05, 0) is 79.4 Å². The normalized spacial score (nSPS) is 15.0. The van der Waals surface area contributed by atoms with E-state index in [0.717, 1.165) is 67.0 Å². The van der Waals surface area contributed by atoms with Gasteiger partial charge in [-0.1, -0.05) is 30.3 Å². The highest BCUT2D eigenvalue weighted by atomic mass is 19.1. The molecule has 7 rings (SSSR count). The van der Waals surface area contributed by atoms with Crippen molar-refractivity contribution in [3.8, 4) is 16.8 Å². The second kappa shape index (κ2) is 9.86. The molecule has 6 heteroatoms. The van der Waals surface area contributed by atoms with E-state index in [-0.39, 0.29) is 5.82 Å². The summed E-state index contributed by atoms with van der Waals surface area (Å²) in [7, 11) is 1.95. The molecule has 0 radical (unpaired) electrons. The van der Waals surface area contributed by atoms with Crippen LogP contribution in [0.4, 0.5) is 4.39 Å². The van der Waals surface area contributed by atoms with Crippen molar-refractivity contribution in [1.29, 1.82) is 0 Å². The minimum absolute atomic E-state index is 0.218. The van der Waals surface area contributed by atoms with E-state index in [0.29, 0.717) is 5.92 Å². The van der Waals surface area contributed by atoms with Crippen LogP contribution in [0.2, 0.25) is 0 Å². The van der Waals surface area contributed by atoms with Crippen LogP contribution in [0.25, 0.3) is 38.5 Å². The molecule has 39 heavy (non-hydrogen) atoms. The van der Waals surface area contributed by atoms with E-state index >= 15 is 0 Å². The number of rotatable bonds is 6. The van der Waals surface area contributed by atoms with Gasteiger partial charge in [0.15, 0.2) is 0 Å². The third-order valence-electron chi connectivity index (χ3n) is 8.25. The highest BCUT2D eigenvalue weighted by Crippen LogP contribution is 2.38. The van der Waals surface area contributed by atoms with E-state index in [4.69, 9.17) is 4.42 Å². The van der Waals surface area contributed by atoms with E-state index in [9.17, 15) is 4.39 Å². The Balaban J connectivity index is 1.15. The van der Waals surface area contributed by atoms with E-state index in [1.165, 1.54) is 33.9 Å². The van der Waals surface area contributed by atoms with E-state index in [1.54, 1.807) is 0 Å². The maximum atomic E-state index is 13.7. The fourth-order valence-electron chi connectivity index (χ4n) is 6.12. The first-order valence-electron chi connectivity index (χ1n) is 13.7. The predicted octanol–water partition coefficient (Wildman–Crippen LogP) is 7.34. The average molecular weight is 519 g/mol. The lowest BCUT2D eigenvalue weighted by atomic mass is 9.88. The number of aryl methyl sites for hydroxylation is 1. The first kappa shape index (κ1) is 23.9. The quantitative estimate of drug-likeness (QED) is 0.232. The molecule has 0 bridgehead atoms. The zero-order valence-corrected chi connectivity index (χ0v) is 22.1. The van der Waals surface area contributed by atoms with Gasteiger partial charge in [-0.3, -0.25) is 4.68 Å². The molecule has 1 aliphatic rings. The highest BCUT2D eigenvalue weighted by molar-refractivity contribution is 5.90. The molecule has 0 saturated carbocycles. The first-order valence-corrected chi connectivity index (χ1v) is 13.7. The Morgan fingerprint density at radius 3 is 2.54 bits per heavy atom. The minimum atomic E-state index is -0.218. The van der Waals surface area contributed by atoms with Gasteiger partial charge < -0.3 is 13.9 Å². The minimum Gasteiger partial charge on any atom is -0.468 e. The molecule has 1 saturated heterocycles. The van der Waals surface area contributed by atoms with Crippen LogP contribution in [0, 0.1) is 5.82 Å². The van der Waals surface area contributed by atoms with Crippen LogP contribution in [-0.2, 0) is 13.5 Å². The van der Waals surface area contributed by atoms with Crippen LogP contribution in [0.5, 0.6) is 0 Å². The number of aromatic nitrogens is 3. The summed E-state index contributed by atoms with van der Waals surface area (Å²) in [6.45, 7) is 3.14. The second-order valence-electron chi connectivity index (χ2n) is 10.7. The maximum Gasteiger partial charge on any atom is 0.123 e. The lowest BCUT2D eigenvalue weighted by Crippen LogP contribution is -2.34. The maximum absolute atomic E-state index is 13.7. The Morgan fingerprint density at radius 2 is 1.74 bits per heavy atom. The summed E-state index contributed by atoms with van der Waals surface area (Å²) in [6, 6.07) is 21.8. The number of likely N-dealkylation sites (tertiary alicyclic amines) is 1. The standard InChI is InChI=1S/C33H31FN4O/c1-36-20-26(19-35-36)24-6-11-32-30(18-24)31(21-38(32)28-9-7-27(34)8-10-28)23-12-15-37(16-13-23)17-14-33-29-5-3-2-4-25(29)22-39-33/h2-11,18-23H,12-17H2,1H3. The molecule has 0 aliphatic carbocycles. The number of fused-ring (bicyclic) bond motifs is 2. The van der Waals surface area contributed by atoms with Crippen molar-refractivity contribution in [2.45, 2.75) is 25.2 Å². The summed E-state index contributed by atoms with van der Waals surface area (Å²) in [5.74, 6) is 1.33. The molecule has 3 aromatic heterocycles. The van der Waals surface area contributed by atoms with E-state index < -0.39 is 0 Å². The van der Waals surface area contributed by atoms with Gasteiger partial charge in [-0.25, -0.2) is 4.39 Å². The van der Waals surface area contributed by atoms with Crippen LogP contribution >= 0.6 is 0 Å². The summed E-state index contributed by atoms with van der Waals surface area (Å²) >= 11 is 0. The van der Waals surface area contributed by atoms with Gasteiger partial charge in [-0.2, -0.15) is 5.10 Å². The van der Waals surface area contributed by atoms with Crippen molar-refractivity contribution in [3.05, 3.63) is 109 Å². The molecule has 3 aromatic carbocycles. The van der Waals surface area contributed by atoms with Crippen LogP contribution < -0.4 is 0 Å². The molecule has 0 unspecified atom stereocenters. The zero-order chi connectivity index (χ0) is 26.3. The molecular weight excluding hydrogens is 487 g/mol. The average Bonchev–Trinajstić information content (AvgIpc) is 3.69. The van der Waals surface area contributed by atoms with Crippen molar-refractivity contribution < 1.29 is 8.81 Å². The predicted molar refractivity (Wildman–Crippen MR) is 154 cm³/mol. The lowest BCUT2D eigenvalue weighted by molar-refractivity contribution is 0.211. The molecule has 1 aliphatic heterocycles. The van der Waals surface area contributed by atoms with Crippen molar-refractivity contribution in [2.24, 2.45) is 7.05 Å². The van der Waals surface area contributed by atoms with Crippen LogP contribution in [0.3, 0.4) is 0 Å². The Kier molecular flexibility index (Phi) is 6.05. The second-order valence-corrected chi connectivity index (χ2v) is 10.7. The Morgan fingerprint density at radius 1 is 0.923 bits per heavy atom. The number of hydrogen-bond acceptors (Lipinski definition) is 3. The van der Waals surface area contributed by atoms with Crippen molar-refractivity contribution in [2.75, 3.05) is 19.6 Å². The van der Waals surface area contributed by atoms with Gasteiger partial charge >= 0.3 is 0 Å². The highest BCUT2D eigenvalue weighted by Gasteiger charge is 2.25. The van der Waals surface area contributed by atoms with Gasteiger partial charge in [0.25, 0.3) is 0 Å². The van der Waals surface area contributed by atoms with Crippen LogP contribution in [0.1, 0.15) is 30.1 Å². The Labute approximate surface area is 227 Å². The molecule has 0 amide bonds. The molecule has 0 atom stereocenters. The fraction of sp³-hybridized carbons (Fsp3) is 0.242. The van der Waals surface area contributed by atoms with Gasteiger partial charge in [0.1, 0.15) is 11.6 Å². The molecular formula is C33H31FN4O. The number of hydrogen-bond donors (Lipinski definition) is 0. The molecule has 4 heterocycles. The number of piperidine rings is 1. The third kappa shape index (κ3) is 4.55. The Bertz CT molecular complexity index is 1750. The number of nitrogens with zero attached hydrogens (tertiary/aromatic N) is 4. The summed E-state index contributed by atoms with van der Waals surface area (Å²) in [6.07, 6.45) is 11.3. The van der Waals surface area contributed by atoms with Gasteiger partial charge in [0.05, 0.1) is 18.0 Å². The summed E-state index contributed by atoms with van der Waals surface area (Å²) in [5.41, 5.74) is 5.77. The van der Waals surface area contributed by atoms with Crippen LogP contribution in [0.15, 0.2) is 96.0 Å². The van der Waals surface area contributed by atoms with Gasteiger partial charge in [0.2, 0.25) is 0 Å². The molecule has 5 nitrogen and oxygen atoms in total. The van der Waals surface area contributed by atoms with Crippen molar-refractivity contribution in [1.82, 2.24) is 19.2 Å². The number of benzene rings is 3. The van der Waals surface area contributed by atoms with Crippen molar-refractivity contribution >= 4 is 21.7 Å². The molecule has 6 aromatic rings. The molecule has 0 N–H and O–H groups in total. The largest absolute Gasteiger partial charge is 0.468 e. The van der Waals surface area contributed by atoms with Gasteiger partial charge in [0, 0.05) is 59.8 Å². The van der Waals surface area contributed by atoms with E-state index in [2.05, 4.69) is 69.4 Å². The summed E-state index contributed by atoms with van der Waals surface area (Å²) in [4.78, 5) is 2.56. The summed E-state index contributed by atoms with van der Waals surface area (Å²) < 4.78 is 23.6. The third-order valence-corrected chi connectivity index (χ3v) is 8.25. The Hall–Kier alpha value is -4.16. The number of furan rings is 1. The molecule has 0 spiro atoms. The first-order chi connectivity index (χ1) is 19.1.